The van der Waals surface area contributed by atoms with Crippen LogP contribution in [-0.4, -0.2) is 47.2 Å². The fourth-order valence-corrected chi connectivity index (χ4v) is 1.91. The number of benzene rings is 1. The number of carbonyl (C=O) groups excluding carboxylic acids is 1. The lowest BCUT2D eigenvalue weighted by Gasteiger charge is -2.17. The topological polar surface area (TPSA) is 96.6 Å². The minimum atomic E-state index is -0.456. The zero-order valence-corrected chi connectivity index (χ0v) is 12.8. The molecule has 0 saturated heterocycles. The summed E-state index contributed by atoms with van der Waals surface area (Å²) in [5.74, 6) is -1.01. The molecule has 0 aliphatic rings. The molecule has 1 aromatic rings. The first-order valence-electron chi connectivity index (χ1n) is 7.16. The maximum absolute atomic E-state index is 12.0. The Morgan fingerprint density at radius 1 is 1.32 bits per heavy atom. The molecule has 0 spiro atoms. The minimum Gasteiger partial charge on any atom is -0.504 e. The van der Waals surface area contributed by atoms with Crippen LogP contribution in [0.1, 0.15) is 19.4 Å². The van der Waals surface area contributed by atoms with Crippen molar-refractivity contribution in [3.63, 3.8) is 0 Å². The smallest absolute Gasteiger partial charge is 0.261 e. The van der Waals surface area contributed by atoms with Crippen LogP contribution < -0.4 is 5.32 Å². The Morgan fingerprint density at radius 3 is 2.55 bits per heavy atom. The SMILES string of the molecule is CCN(CC)CCNC(=O)/C(C#N)=C/c1ccc(O)c(O)c1. The maximum atomic E-state index is 12.0. The highest BCUT2D eigenvalue weighted by molar-refractivity contribution is 6.01. The third-order valence-corrected chi connectivity index (χ3v) is 3.28. The summed E-state index contributed by atoms with van der Waals surface area (Å²) < 4.78 is 0. The van der Waals surface area contributed by atoms with Crippen molar-refractivity contribution in [1.29, 1.82) is 5.26 Å². The van der Waals surface area contributed by atoms with Gasteiger partial charge in [0.15, 0.2) is 11.5 Å². The number of likely N-dealkylation sites (N-methyl/N-ethyl adjacent to an activating group) is 1. The van der Waals surface area contributed by atoms with Crippen LogP contribution in [0, 0.1) is 11.3 Å². The molecular weight excluding hydrogens is 282 g/mol. The minimum absolute atomic E-state index is 0.0513. The molecule has 6 nitrogen and oxygen atoms in total. The third kappa shape index (κ3) is 5.11. The molecule has 0 heterocycles. The molecule has 0 radical (unpaired) electrons. The van der Waals surface area contributed by atoms with Gasteiger partial charge in [0.2, 0.25) is 0 Å². The number of aromatic hydroxyl groups is 2. The zero-order valence-electron chi connectivity index (χ0n) is 12.8. The first-order chi connectivity index (χ1) is 10.5. The average Bonchev–Trinajstić information content (AvgIpc) is 2.52. The normalized spacial score (nSPS) is 11.3. The van der Waals surface area contributed by atoms with E-state index in [1.807, 2.05) is 19.9 Å². The van der Waals surface area contributed by atoms with Crippen molar-refractivity contribution in [2.24, 2.45) is 0 Å². The highest BCUT2D eigenvalue weighted by atomic mass is 16.3. The number of hydrogen-bond acceptors (Lipinski definition) is 5. The summed E-state index contributed by atoms with van der Waals surface area (Å²) in [5.41, 5.74) is 0.412. The van der Waals surface area contributed by atoms with Gasteiger partial charge in [-0.15, -0.1) is 0 Å². The summed E-state index contributed by atoms with van der Waals surface area (Å²) in [5, 5.41) is 30.4. The van der Waals surface area contributed by atoms with Gasteiger partial charge in [-0.2, -0.15) is 5.26 Å². The summed E-state index contributed by atoms with van der Waals surface area (Å²) in [7, 11) is 0. The molecular formula is C16H21N3O3. The molecule has 0 aliphatic carbocycles. The molecule has 1 aromatic carbocycles. The van der Waals surface area contributed by atoms with Crippen molar-refractivity contribution in [3.8, 4) is 17.6 Å². The highest BCUT2D eigenvalue weighted by Gasteiger charge is 2.10. The first-order valence-corrected chi connectivity index (χ1v) is 7.16. The summed E-state index contributed by atoms with van der Waals surface area (Å²) >= 11 is 0. The number of carbonyl (C=O) groups is 1. The van der Waals surface area contributed by atoms with Gasteiger partial charge in [-0.1, -0.05) is 19.9 Å². The number of rotatable bonds is 7. The molecule has 1 amide bonds. The van der Waals surface area contributed by atoms with Crippen LogP contribution in [0.3, 0.4) is 0 Å². The summed E-state index contributed by atoms with van der Waals surface area (Å²) in [6, 6.07) is 5.94. The Morgan fingerprint density at radius 2 is 2.00 bits per heavy atom. The summed E-state index contributed by atoms with van der Waals surface area (Å²) in [4.78, 5) is 14.1. The van der Waals surface area contributed by atoms with Gasteiger partial charge in [-0.3, -0.25) is 4.79 Å². The van der Waals surface area contributed by atoms with Crippen molar-refractivity contribution < 1.29 is 15.0 Å². The van der Waals surface area contributed by atoms with E-state index in [0.717, 1.165) is 19.6 Å². The second kappa shape index (κ2) is 8.70. The van der Waals surface area contributed by atoms with E-state index in [4.69, 9.17) is 5.26 Å². The van der Waals surface area contributed by atoms with Crippen LogP contribution in [0.25, 0.3) is 6.08 Å². The third-order valence-electron chi connectivity index (χ3n) is 3.28. The molecule has 0 aliphatic heterocycles. The lowest BCUT2D eigenvalue weighted by atomic mass is 10.1. The van der Waals surface area contributed by atoms with E-state index in [0.29, 0.717) is 12.1 Å². The number of nitrogens with one attached hydrogen (secondary N) is 1. The Labute approximate surface area is 130 Å². The predicted octanol–water partition coefficient (Wildman–Crippen LogP) is 1.46. The van der Waals surface area contributed by atoms with Crippen LogP contribution in [0.2, 0.25) is 0 Å². The van der Waals surface area contributed by atoms with Gasteiger partial charge in [0.05, 0.1) is 0 Å². The second-order valence-corrected chi connectivity index (χ2v) is 4.70. The number of hydrogen-bond donors (Lipinski definition) is 3. The van der Waals surface area contributed by atoms with Crippen molar-refractivity contribution in [1.82, 2.24) is 10.2 Å². The van der Waals surface area contributed by atoms with Crippen LogP contribution in [-0.2, 0) is 4.79 Å². The Kier molecular flexibility index (Phi) is 6.93. The molecule has 0 bridgehead atoms. The van der Waals surface area contributed by atoms with Gasteiger partial charge < -0.3 is 20.4 Å². The number of phenols is 2. The second-order valence-electron chi connectivity index (χ2n) is 4.70. The van der Waals surface area contributed by atoms with E-state index < -0.39 is 5.91 Å². The Bertz CT molecular complexity index is 587. The molecule has 0 saturated carbocycles. The molecule has 1 rings (SSSR count). The predicted molar refractivity (Wildman–Crippen MR) is 84.2 cm³/mol. The van der Waals surface area contributed by atoms with Gasteiger partial charge in [0.25, 0.3) is 5.91 Å². The maximum Gasteiger partial charge on any atom is 0.261 e. The van der Waals surface area contributed by atoms with Crippen molar-refractivity contribution in [3.05, 3.63) is 29.3 Å². The number of nitrogens with zero attached hydrogens (tertiary/aromatic N) is 2. The first kappa shape index (κ1) is 17.5. The van der Waals surface area contributed by atoms with E-state index in [-0.39, 0.29) is 17.1 Å². The Hall–Kier alpha value is -2.52. The molecule has 0 aromatic heterocycles. The largest absolute Gasteiger partial charge is 0.504 e. The van der Waals surface area contributed by atoms with E-state index in [9.17, 15) is 15.0 Å². The number of phenolic OH excluding ortho intramolecular Hbond substituents is 2. The zero-order chi connectivity index (χ0) is 16.5. The monoisotopic (exact) mass is 303 g/mol. The van der Waals surface area contributed by atoms with E-state index >= 15 is 0 Å². The molecule has 0 fully saturated rings. The summed E-state index contributed by atoms with van der Waals surface area (Å²) in [6.07, 6.45) is 1.37. The van der Waals surface area contributed by atoms with Gasteiger partial charge in [-0.25, -0.2) is 0 Å². The lowest BCUT2D eigenvalue weighted by Crippen LogP contribution is -2.35. The van der Waals surface area contributed by atoms with Gasteiger partial charge >= 0.3 is 0 Å². The fraction of sp³-hybridized carbons (Fsp3) is 0.375. The van der Waals surface area contributed by atoms with Crippen LogP contribution >= 0.6 is 0 Å². The molecule has 0 atom stereocenters. The van der Waals surface area contributed by atoms with Crippen LogP contribution in [0.15, 0.2) is 23.8 Å². The molecule has 22 heavy (non-hydrogen) atoms. The van der Waals surface area contributed by atoms with Crippen molar-refractivity contribution >= 4 is 12.0 Å². The van der Waals surface area contributed by atoms with Gasteiger partial charge in [0, 0.05) is 13.1 Å². The Balaban J connectivity index is 2.70. The fourth-order valence-electron chi connectivity index (χ4n) is 1.91. The van der Waals surface area contributed by atoms with Gasteiger partial charge in [-0.05, 0) is 36.9 Å². The quantitative estimate of drug-likeness (QED) is 0.402. The van der Waals surface area contributed by atoms with Crippen LogP contribution in [0.4, 0.5) is 0 Å². The molecule has 3 N–H and O–H groups in total. The number of nitriles is 1. The average molecular weight is 303 g/mol. The highest BCUT2D eigenvalue weighted by Crippen LogP contribution is 2.25. The standard InChI is InChI=1S/C16H21N3O3/c1-3-19(4-2)8-7-18-16(22)13(11-17)9-12-5-6-14(20)15(21)10-12/h5-6,9-10,20-21H,3-4,7-8H2,1-2H3,(H,18,22)/b13-9+. The van der Waals surface area contributed by atoms with Gasteiger partial charge in [0.1, 0.15) is 11.6 Å². The lowest BCUT2D eigenvalue weighted by molar-refractivity contribution is -0.117. The van der Waals surface area contributed by atoms with Crippen molar-refractivity contribution in [2.75, 3.05) is 26.2 Å². The molecule has 6 heteroatoms. The van der Waals surface area contributed by atoms with Crippen molar-refractivity contribution in [2.45, 2.75) is 13.8 Å². The van der Waals surface area contributed by atoms with E-state index in [2.05, 4.69) is 10.2 Å². The van der Waals surface area contributed by atoms with Crippen LogP contribution in [0.5, 0.6) is 11.5 Å². The molecule has 118 valence electrons. The van der Waals surface area contributed by atoms with E-state index in [1.54, 1.807) is 0 Å². The summed E-state index contributed by atoms with van der Waals surface area (Å²) in [6.45, 7) is 7.07. The number of amides is 1. The van der Waals surface area contributed by atoms with E-state index in [1.165, 1.54) is 24.3 Å². The molecule has 0 unspecified atom stereocenters.